The highest BCUT2D eigenvalue weighted by Crippen LogP contribution is 2.27. The molecule has 0 aliphatic carbocycles. The minimum atomic E-state index is -0.602. The van der Waals surface area contributed by atoms with E-state index in [0.29, 0.717) is 21.4 Å². The van der Waals surface area contributed by atoms with Gasteiger partial charge in [-0.25, -0.2) is 4.39 Å². The summed E-state index contributed by atoms with van der Waals surface area (Å²) < 4.78 is 29.9. The molecule has 0 radical (unpaired) electrons. The number of rotatable bonds is 4. The molecule has 0 bridgehead atoms. The van der Waals surface area contributed by atoms with Gasteiger partial charge in [0.25, 0.3) is 0 Å². The Hall–Kier alpha value is -2.34. The molecule has 0 saturated carbocycles. The summed E-state index contributed by atoms with van der Waals surface area (Å²) >= 11 is 3.15. The monoisotopic (exact) mass is 378 g/mol. The van der Waals surface area contributed by atoms with Crippen LogP contribution in [0.25, 0.3) is 11.0 Å². The fourth-order valence-corrected chi connectivity index (χ4v) is 2.53. The molecule has 1 heterocycles. The molecule has 3 aromatic rings. The summed E-state index contributed by atoms with van der Waals surface area (Å²) in [5.74, 6) is -0.607. The van der Waals surface area contributed by atoms with Crippen LogP contribution in [0.1, 0.15) is 5.56 Å². The van der Waals surface area contributed by atoms with Crippen molar-refractivity contribution in [1.29, 1.82) is 0 Å². The number of hydrogen-bond acceptors (Lipinski definition) is 4. The molecule has 0 atom stereocenters. The predicted octanol–water partition coefficient (Wildman–Crippen LogP) is 4.49. The Balaban J connectivity index is 1.77. The van der Waals surface area contributed by atoms with Crippen LogP contribution in [-0.4, -0.2) is 13.1 Å². The Labute approximate surface area is 139 Å². The van der Waals surface area contributed by atoms with Crippen LogP contribution in [0.15, 0.2) is 51.6 Å². The van der Waals surface area contributed by atoms with E-state index < -0.39 is 11.8 Å². The van der Waals surface area contributed by atoms with E-state index in [1.54, 1.807) is 31.4 Å². The van der Waals surface area contributed by atoms with Gasteiger partial charge in [0.2, 0.25) is 0 Å². The Bertz CT molecular complexity index is 872. The van der Waals surface area contributed by atoms with Crippen molar-refractivity contribution in [2.24, 2.45) is 0 Å². The molecule has 0 aliphatic heterocycles. The fraction of sp³-hybridized carbons (Fsp3) is 0.118. The Morgan fingerprint density at radius 3 is 2.83 bits per heavy atom. The van der Waals surface area contributed by atoms with E-state index in [9.17, 15) is 9.18 Å². The molecule has 0 spiro atoms. The van der Waals surface area contributed by atoms with E-state index in [2.05, 4.69) is 15.9 Å². The molecule has 0 saturated heterocycles. The van der Waals surface area contributed by atoms with Crippen LogP contribution in [0.4, 0.5) is 4.39 Å². The number of carbonyl (C=O) groups is 1. The van der Waals surface area contributed by atoms with Gasteiger partial charge >= 0.3 is 5.97 Å². The summed E-state index contributed by atoms with van der Waals surface area (Å²) in [6.07, 6.45) is 1.47. The fourth-order valence-electron chi connectivity index (χ4n) is 2.20. The van der Waals surface area contributed by atoms with Crippen LogP contribution < -0.4 is 9.47 Å². The summed E-state index contributed by atoms with van der Waals surface area (Å²) in [6.45, 7) is 0. The highest BCUT2D eigenvalue weighted by molar-refractivity contribution is 9.10. The lowest BCUT2D eigenvalue weighted by Crippen LogP contribution is -2.11. The molecule has 4 nitrogen and oxygen atoms in total. The van der Waals surface area contributed by atoms with Crippen LogP contribution in [0, 0.1) is 5.82 Å². The number of fused-ring (bicyclic) bond motifs is 1. The maximum absolute atomic E-state index is 13.7. The van der Waals surface area contributed by atoms with E-state index >= 15 is 0 Å². The molecule has 1 aromatic heterocycles. The van der Waals surface area contributed by atoms with E-state index in [0.717, 1.165) is 5.39 Å². The van der Waals surface area contributed by atoms with Gasteiger partial charge in [-0.05, 0) is 30.3 Å². The zero-order chi connectivity index (χ0) is 16.4. The van der Waals surface area contributed by atoms with Gasteiger partial charge in [-0.3, -0.25) is 4.79 Å². The standard InChI is InChI=1S/C17H12BrFO4/c1-21-12-3-4-13-10(9-22-16(13)8-12)6-17(20)23-15-5-2-11(18)7-14(15)19/h2-5,7-9H,6H2,1H3. The first-order valence-electron chi connectivity index (χ1n) is 6.76. The lowest BCUT2D eigenvalue weighted by molar-refractivity contribution is -0.133. The number of furan rings is 1. The van der Waals surface area contributed by atoms with Crippen LogP contribution in [0.3, 0.4) is 0 Å². The number of benzene rings is 2. The van der Waals surface area contributed by atoms with Gasteiger partial charge in [-0.2, -0.15) is 0 Å². The third-order valence-corrected chi connectivity index (χ3v) is 3.81. The van der Waals surface area contributed by atoms with Gasteiger partial charge in [-0.1, -0.05) is 15.9 Å². The highest BCUT2D eigenvalue weighted by atomic mass is 79.9. The van der Waals surface area contributed by atoms with Gasteiger partial charge < -0.3 is 13.9 Å². The molecule has 3 rings (SSSR count). The number of esters is 1. The van der Waals surface area contributed by atoms with Crippen molar-refractivity contribution in [3.05, 3.63) is 58.5 Å². The smallest absolute Gasteiger partial charge is 0.315 e. The largest absolute Gasteiger partial charge is 0.497 e. The molecule has 6 heteroatoms. The normalized spacial score (nSPS) is 10.7. The van der Waals surface area contributed by atoms with Crippen molar-refractivity contribution in [2.75, 3.05) is 7.11 Å². The van der Waals surface area contributed by atoms with Gasteiger partial charge in [0.1, 0.15) is 11.3 Å². The minimum absolute atomic E-state index is 0.0190. The quantitative estimate of drug-likeness (QED) is 0.495. The number of hydrogen-bond donors (Lipinski definition) is 0. The van der Waals surface area contributed by atoms with Gasteiger partial charge in [-0.15, -0.1) is 0 Å². The van der Waals surface area contributed by atoms with E-state index in [4.69, 9.17) is 13.9 Å². The molecule has 2 aromatic carbocycles. The summed E-state index contributed by atoms with van der Waals surface area (Å²) in [4.78, 5) is 12.0. The van der Waals surface area contributed by atoms with Crippen LogP contribution in [-0.2, 0) is 11.2 Å². The second-order valence-corrected chi connectivity index (χ2v) is 5.76. The molecule has 0 unspecified atom stereocenters. The van der Waals surface area contributed by atoms with Crippen molar-refractivity contribution in [1.82, 2.24) is 0 Å². The van der Waals surface area contributed by atoms with Gasteiger partial charge in [0.15, 0.2) is 11.6 Å². The Kier molecular flexibility index (Phi) is 4.34. The SMILES string of the molecule is COc1ccc2c(CC(=O)Oc3ccc(Br)cc3F)coc2c1. The Morgan fingerprint density at radius 2 is 2.09 bits per heavy atom. The van der Waals surface area contributed by atoms with Crippen molar-refractivity contribution >= 4 is 32.9 Å². The molecule has 0 N–H and O–H groups in total. The van der Waals surface area contributed by atoms with Crippen LogP contribution in [0.5, 0.6) is 11.5 Å². The first-order chi connectivity index (χ1) is 11.1. The first-order valence-corrected chi connectivity index (χ1v) is 7.56. The molecular weight excluding hydrogens is 367 g/mol. The molecule has 0 aliphatic rings. The second-order valence-electron chi connectivity index (χ2n) is 4.85. The van der Waals surface area contributed by atoms with Crippen LogP contribution in [0.2, 0.25) is 0 Å². The number of carbonyl (C=O) groups excluding carboxylic acids is 1. The van der Waals surface area contributed by atoms with Gasteiger partial charge in [0, 0.05) is 21.5 Å². The lowest BCUT2D eigenvalue weighted by atomic mass is 10.1. The number of ether oxygens (including phenoxy) is 2. The average molecular weight is 379 g/mol. The zero-order valence-corrected chi connectivity index (χ0v) is 13.7. The number of halogens is 2. The van der Waals surface area contributed by atoms with Crippen molar-refractivity contribution in [2.45, 2.75) is 6.42 Å². The van der Waals surface area contributed by atoms with Crippen molar-refractivity contribution < 1.29 is 23.1 Å². The maximum atomic E-state index is 13.7. The second kappa shape index (κ2) is 6.42. The molecule has 118 valence electrons. The third kappa shape index (κ3) is 3.37. The predicted molar refractivity (Wildman–Crippen MR) is 86.2 cm³/mol. The molecule has 0 fully saturated rings. The van der Waals surface area contributed by atoms with Gasteiger partial charge in [0.05, 0.1) is 19.8 Å². The Morgan fingerprint density at radius 1 is 1.26 bits per heavy atom. The molecule has 23 heavy (non-hydrogen) atoms. The van der Waals surface area contributed by atoms with Crippen LogP contribution >= 0.6 is 15.9 Å². The summed E-state index contributed by atoms with van der Waals surface area (Å²) in [5, 5.41) is 0.791. The number of methoxy groups -OCH3 is 1. The van der Waals surface area contributed by atoms with E-state index in [1.165, 1.54) is 18.4 Å². The molecular formula is C17H12BrFO4. The minimum Gasteiger partial charge on any atom is -0.497 e. The first kappa shape index (κ1) is 15.6. The summed E-state index contributed by atoms with van der Waals surface area (Å²) in [6, 6.07) is 9.56. The van der Waals surface area contributed by atoms with Crippen molar-refractivity contribution in [3.63, 3.8) is 0 Å². The summed E-state index contributed by atoms with van der Waals surface area (Å²) in [7, 11) is 1.56. The molecule has 0 amide bonds. The topological polar surface area (TPSA) is 48.7 Å². The van der Waals surface area contributed by atoms with E-state index in [-0.39, 0.29) is 12.2 Å². The lowest BCUT2D eigenvalue weighted by Gasteiger charge is -2.05. The average Bonchev–Trinajstić information content (AvgIpc) is 2.92. The third-order valence-electron chi connectivity index (χ3n) is 3.32. The van der Waals surface area contributed by atoms with E-state index in [1.807, 2.05) is 0 Å². The maximum Gasteiger partial charge on any atom is 0.315 e. The highest BCUT2D eigenvalue weighted by Gasteiger charge is 2.14. The summed E-state index contributed by atoms with van der Waals surface area (Å²) in [5.41, 5.74) is 1.28. The zero-order valence-electron chi connectivity index (χ0n) is 12.1. The van der Waals surface area contributed by atoms with Crippen molar-refractivity contribution in [3.8, 4) is 11.5 Å².